The molecule has 1 aliphatic carbocycles. The largest absolute Gasteiger partial charge is 0.475 e. The summed E-state index contributed by atoms with van der Waals surface area (Å²) in [5.41, 5.74) is -3.10. The fraction of sp³-hybridized carbons (Fsp3) is 0.455. The van der Waals surface area contributed by atoms with Crippen LogP contribution in [-0.2, 0) is 23.6 Å². The van der Waals surface area contributed by atoms with Crippen LogP contribution < -0.4 is 0 Å². The normalized spacial score (nSPS) is 17.9. The van der Waals surface area contributed by atoms with E-state index in [0.717, 1.165) is 24.8 Å². The highest BCUT2D eigenvalue weighted by Gasteiger charge is 2.39. The van der Waals surface area contributed by atoms with Crippen molar-refractivity contribution < 1.29 is 17.4 Å². The third kappa shape index (κ3) is 2.14. The van der Waals surface area contributed by atoms with Crippen molar-refractivity contribution in [3.8, 4) is 0 Å². The van der Waals surface area contributed by atoms with Crippen molar-refractivity contribution in [2.45, 2.75) is 36.1 Å². The zero-order valence-corrected chi connectivity index (χ0v) is 9.33. The summed E-state index contributed by atoms with van der Waals surface area (Å²) in [6, 6.07) is 4.71. The van der Waals surface area contributed by atoms with E-state index in [2.05, 4.69) is 0 Å². The standard InChI is InChI=1S/C11H11F3OS/c12-11(13,14)16(15)10-7-3-5-8-4-1-2-6-9(8)10/h3,5,7H,1-2,4,6H2. The number of hydrogen-bond donors (Lipinski definition) is 0. The van der Waals surface area contributed by atoms with Crippen LogP contribution in [0.25, 0.3) is 0 Å². The molecule has 0 aliphatic heterocycles. The van der Waals surface area contributed by atoms with Crippen LogP contribution >= 0.6 is 0 Å². The molecule has 0 spiro atoms. The Hall–Kier alpha value is -0.840. The van der Waals surface area contributed by atoms with Crippen molar-refractivity contribution in [2.75, 3.05) is 0 Å². The first-order valence-corrected chi connectivity index (χ1v) is 6.24. The highest BCUT2D eigenvalue weighted by Crippen LogP contribution is 2.32. The second-order valence-corrected chi connectivity index (χ2v) is 5.26. The maximum atomic E-state index is 12.4. The Kier molecular flexibility index (Phi) is 3.06. The Bertz CT molecular complexity index is 426. The number of alkyl halides is 3. The van der Waals surface area contributed by atoms with Gasteiger partial charge in [0.2, 0.25) is 0 Å². The van der Waals surface area contributed by atoms with Gasteiger partial charge < -0.3 is 0 Å². The molecule has 2 rings (SSSR count). The molecule has 5 heteroatoms. The lowest BCUT2D eigenvalue weighted by molar-refractivity contribution is -0.0385. The van der Waals surface area contributed by atoms with Gasteiger partial charge in [-0.1, -0.05) is 12.1 Å². The summed E-state index contributed by atoms with van der Waals surface area (Å²) in [6.45, 7) is 0. The number of benzene rings is 1. The third-order valence-corrected chi connectivity index (χ3v) is 3.97. The van der Waals surface area contributed by atoms with Crippen LogP contribution in [0.2, 0.25) is 0 Å². The summed E-state index contributed by atoms with van der Waals surface area (Å²) in [6.07, 6.45) is 3.26. The molecule has 16 heavy (non-hydrogen) atoms. The molecule has 0 bridgehead atoms. The summed E-state index contributed by atoms with van der Waals surface area (Å²) in [4.78, 5) is -0.0512. The highest BCUT2D eigenvalue weighted by molar-refractivity contribution is 7.86. The lowest BCUT2D eigenvalue weighted by Gasteiger charge is -2.19. The lowest BCUT2D eigenvalue weighted by atomic mass is 9.92. The summed E-state index contributed by atoms with van der Waals surface area (Å²) in [5, 5.41) is 0. The van der Waals surface area contributed by atoms with E-state index >= 15 is 0 Å². The molecule has 0 fully saturated rings. The predicted octanol–water partition coefficient (Wildman–Crippen LogP) is 3.19. The number of aryl methyl sites for hydroxylation is 1. The van der Waals surface area contributed by atoms with Gasteiger partial charge in [0.25, 0.3) is 0 Å². The maximum Gasteiger partial charge on any atom is 0.475 e. The molecule has 0 heterocycles. The van der Waals surface area contributed by atoms with E-state index in [4.69, 9.17) is 0 Å². The zero-order valence-electron chi connectivity index (χ0n) is 8.51. The number of fused-ring (bicyclic) bond motifs is 1. The topological polar surface area (TPSA) is 17.1 Å². The Morgan fingerprint density at radius 1 is 1.12 bits per heavy atom. The van der Waals surface area contributed by atoms with Crippen LogP contribution in [-0.4, -0.2) is 9.72 Å². The molecular formula is C11H11F3OS. The summed E-state index contributed by atoms with van der Waals surface area (Å²) in [5.74, 6) is 0. The first-order chi connectivity index (χ1) is 7.50. The second kappa shape index (κ2) is 4.20. The van der Waals surface area contributed by atoms with E-state index < -0.39 is 16.3 Å². The molecule has 0 aromatic heterocycles. The Morgan fingerprint density at radius 2 is 1.81 bits per heavy atom. The van der Waals surface area contributed by atoms with Gasteiger partial charge in [-0.15, -0.1) is 0 Å². The number of halogens is 3. The van der Waals surface area contributed by atoms with Crippen molar-refractivity contribution in [3.63, 3.8) is 0 Å². The van der Waals surface area contributed by atoms with E-state index in [1.807, 2.05) is 6.07 Å². The van der Waals surface area contributed by atoms with Crippen LogP contribution in [0.3, 0.4) is 0 Å². The molecule has 0 radical (unpaired) electrons. The minimum Gasteiger partial charge on any atom is -0.245 e. The van der Waals surface area contributed by atoms with Gasteiger partial charge in [-0.3, -0.25) is 0 Å². The van der Waals surface area contributed by atoms with Gasteiger partial charge in [0.1, 0.15) is 0 Å². The quantitative estimate of drug-likeness (QED) is 0.746. The molecule has 1 nitrogen and oxygen atoms in total. The smallest absolute Gasteiger partial charge is 0.245 e. The van der Waals surface area contributed by atoms with Crippen molar-refractivity contribution >= 4 is 10.8 Å². The van der Waals surface area contributed by atoms with Crippen molar-refractivity contribution in [1.82, 2.24) is 0 Å². The van der Waals surface area contributed by atoms with Crippen molar-refractivity contribution in [2.24, 2.45) is 0 Å². The minimum atomic E-state index is -4.66. The van der Waals surface area contributed by atoms with Crippen LogP contribution in [0, 0.1) is 0 Å². The summed E-state index contributed by atoms with van der Waals surface area (Å²) >= 11 is 0. The zero-order chi connectivity index (χ0) is 11.8. The molecule has 0 saturated heterocycles. The van der Waals surface area contributed by atoms with Crippen LogP contribution in [0.1, 0.15) is 24.0 Å². The highest BCUT2D eigenvalue weighted by atomic mass is 32.2. The fourth-order valence-electron chi connectivity index (χ4n) is 2.04. The average molecular weight is 248 g/mol. The van der Waals surface area contributed by atoms with Crippen LogP contribution in [0.15, 0.2) is 23.1 Å². The van der Waals surface area contributed by atoms with Gasteiger partial charge in [0, 0.05) is 0 Å². The van der Waals surface area contributed by atoms with Gasteiger partial charge in [-0.25, -0.2) is 4.21 Å². The first-order valence-electron chi connectivity index (χ1n) is 5.09. The molecule has 0 saturated carbocycles. The summed E-state index contributed by atoms with van der Waals surface area (Å²) in [7, 11) is -2.89. The van der Waals surface area contributed by atoms with Gasteiger partial charge in [0.15, 0.2) is 10.8 Å². The first kappa shape index (κ1) is 11.6. The molecule has 0 amide bonds. The molecule has 1 unspecified atom stereocenters. The van der Waals surface area contributed by atoms with Crippen LogP contribution in [0.5, 0.6) is 0 Å². The fourth-order valence-corrected chi connectivity index (χ4v) is 2.95. The van der Waals surface area contributed by atoms with E-state index in [1.54, 1.807) is 6.07 Å². The SMILES string of the molecule is O=S(c1cccc2c1CCCC2)C(F)(F)F. The van der Waals surface area contributed by atoms with Gasteiger partial charge in [-0.2, -0.15) is 13.2 Å². The lowest BCUT2D eigenvalue weighted by Crippen LogP contribution is -2.19. The van der Waals surface area contributed by atoms with E-state index in [9.17, 15) is 17.4 Å². The van der Waals surface area contributed by atoms with Crippen molar-refractivity contribution in [3.05, 3.63) is 29.3 Å². The monoisotopic (exact) mass is 248 g/mol. The molecule has 1 aromatic rings. The summed E-state index contributed by atoms with van der Waals surface area (Å²) < 4.78 is 48.5. The number of rotatable bonds is 1. The van der Waals surface area contributed by atoms with E-state index in [0.29, 0.717) is 12.0 Å². The Labute approximate surface area is 94.1 Å². The van der Waals surface area contributed by atoms with Gasteiger partial charge in [-0.05, 0) is 42.9 Å². The Balaban J connectivity index is 2.46. The molecule has 0 N–H and O–H groups in total. The number of hydrogen-bond acceptors (Lipinski definition) is 1. The molecule has 88 valence electrons. The van der Waals surface area contributed by atoms with Gasteiger partial charge >= 0.3 is 5.51 Å². The van der Waals surface area contributed by atoms with E-state index in [1.165, 1.54) is 6.07 Å². The molecule has 1 aromatic carbocycles. The maximum absolute atomic E-state index is 12.4. The van der Waals surface area contributed by atoms with E-state index in [-0.39, 0.29) is 4.90 Å². The van der Waals surface area contributed by atoms with Crippen molar-refractivity contribution in [1.29, 1.82) is 0 Å². The Morgan fingerprint density at radius 3 is 2.50 bits per heavy atom. The van der Waals surface area contributed by atoms with Gasteiger partial charge in [0.05, 0.1) is 4.90 Å². The minimum absolute atomic E-state index is 0.0512. The second-order valence-electron chi connectivity index (χ2n) is 3.82. The third-order valence-electron chi connectivity index (χ3n) is 2.76. The molecule has 1 aliphatic rings. The predicted molar refractivity (Wildman–Crippen MR) is 55.5 cm³/mol. The van der Waals surface area contributed by atoms with Crippen LogP contribution in [0.4, 0.5) is 13.2 Å². The molecular weight excluding hydrogens is 237 g/mol. The molecule has 1 atom stereocenters. The average Bonchev–Trinajstić information content (AvgIpc) is 2.26.